The van der Waals surface area contributed by atoms with Gasteiger partial charge in [-0.05, 0) is 44.5 Å². The van der Waals surface area contributed by atoms with E-state index in [-0.39, 0.29) is 10.8 Å². The molecule has 0 unspecified atom stereocenters. The van der Waals surface area contributed by atoms with Gasteiger partial charge >= 0.3 is 0 Å². The van der Waals surface area contributed by atoms with Crippen molar-refractivity contribution in [2.45, 2.75) is 52.4 Å². The fourth-order valence-corrected chi connectivity index (χ4v) is 5.15. The molecule has 132 valence electrons. The lowest BCUT2D eigenvalue weighted by atomic mass is 9.72. The molecule has 2 aliphatic rings. The Kier molecular flexibility index (Phi) is 3.67. The van der Waals surface area contributed by atoms with Crippen LogP contribution in [0.15, 0.2) is 60.7 Å². The van der Waals surface area contributed by atoms with Crippen molar-refractivity contribution >= 4 is 0 Å². The van der Waals surface area contributed by atoms with Gasteiger partial charge in [-0.25, -0.2) is 0 Å². The minimum Gasteiger partial charge on any atom is -0.0683 e. The van der Waals surface area contributed by atoms with Crippen LogP contribution in [0, 0.1) is 0 Å². The summed E-state index contributed by atoms with van der Waals surface area (Å²) in [6.45, 7) is 13.5. The SMILES string of the molecule is CC.CC1(C)c2ccccc2-c2ccc3c(c21)C(C)(C)c1ccccc1-3. The third kappa shape index (κ3) is 1.96. The van der Waals surface area contributed by atoms with Crippen molar-refractivity contribution in [3.05, 3.63) is 82.9 Å². The van der Waals surface area contributed by atoms with Crippen LogP contribution in [-0.2, 0) is 10.8 Å². The smallest absolute Gasteiger partial charge is 0.0162 e. The van der Waals surface area contributed by atoms with Gasteiger partial charge in [0.15, 0.2) is 0 Å². The molecule has 0 aliphatic heterocycles. The van der Waals surface area contributed by atoms with Crippen LogP contribution in [-0.4, -0.2) is 0 Å². The average molecular weight is 341 g/mol. The Balaban J connectivity index is 0.000000814. The van der Waals surface area contributed by atoms with E-state index in [2.05, 4.69) is 88.4 Å². The molecule has 3 aromatic rings. The maximum atomic E-state index is 2.39. The topological polar surface area (TPSA) is 0 Å². The van der Waals surface area contributed by atoms with Gasteiger partial charge in [0, 0.05) is 10.8 Å². The van der Waals surface area contributed by atoms with Crippen molar-refractivity contribution in [3.63, 3.8) is 0 Å². The first-order chi connectivity index (χ1) is 12.4. The zero-order valence-corrected chi connectivity index (χ0v) is 16.8. The quantitative estimate of drug-likeness (QED) is 0.402. The normalized spacial score (nSPS) is 16.7. The summed E-state index contributed by atoms with van der Waals surface area (Å²) in [4.78, 5) is 0. The van der Waals surface area contributed by atoms with Gasteiger partial charge in [-0.3, -0.25) is 0 Å². The molecule has 0 nitrogen and oxygen atoms in total. The van der Waals surface area contributed by atoms with Crippen LogP contribution in [0.4, 0.5) is 0 Å². The van der Waals surface area contributed by atoms with Gasteiger partial charge in [0.05, 0.1) is 0 Å². The molecule has 26 heavy (non-hydrogen) atoms. The Labute approximate surface area is 157 Å². The summed E-state index contributed by atoms with van der Waals surface area (Å²) in [6, 6.07) is 22.5. The van der Waals surface area contributed by atoms with E-state index in [1.54, 1.807) is 0 Å². The van der Waals surface area contributed by atoms with Crippen LogP contribution in [0.2, 0.25) is 0 Å². The van der Waals surface area contributed by atoms with Gasteiger partial charge in [0.1, 0.15) is 0 Å². The molecule has 0 fully saturated rings. The molecule has 0 aromatic heterocycles. The summed E-state index contributed by atoms with van der Waals surface area (Å²) < 4.78 is 0. The zero-order valence-electron chi connectivity index (χ0n) is 16.8. The molecular weight excluding hydrogens is 312 g/mol. The molecule has 0 saturated carbocycles. The fourth-order valence-electron chi connectivity index (χ4n) is 5.15. The predicted molar refractivity (Wildman–Crippen MR) is 113 cm³/mol. The van der Waals surface area contributed by atoms with E-state index in [0.29, 0.717) is 0 Å². The molecule has 0 heterocycles. The summed E-state index contributed by atoms with van der Waals surface area (Å²) in [5, 5.41) is 0. The van der Waals surface area contributed by atoms with E-state index in [1.807, 2.05) is 13.8 Å². The molecule has 2 aliphatic carbocycles. The number of benzene rings is 3. The van der Waals surface area contributed by atoms with Crippen LogP contribution in [0.1, 0.15) is 63.8 Å². The Hall–Kier alpha value is -2.34. The van der Waals surface area contributed by atoms with Gasteiger partial charge in [0.2, 0.25) is 0 Å². The summed E-state index contributed by atoms with van der Waals surface area (Å²) in [7, 11) is 0. The maximum absolute atomic E-state index is 2.39. The van der Waals surface area contributed by atoms with Gasteiger partial charge < -0.3 is 0 Å². The second kappa shape index (κ2) is 5.58. The standard InChI is InChI=1S/C24H22.C2H6/c1-23(2)19-11-7-5-9-15(19)17-13-14-18-16-10-6-8-12-20(16)24(3,4)22(18)21(17)23;1-2/h5-14H,1-4H3;1-2H3. The van der Waals surface area contributed by atoms with Gasteiger partial charge in [0.25, 0.3) is 0 Å². The van der Waals surface area contributed by atoms with E-state index < -0.39 is 0 Å². The second-order valence-corrected chi connectivity index (χ2v) is 8.25. The second-order valence-electron chi connectivity index (χ2n) is 8.25. The molecule has 5 rings (SSSR count). The van der Waals surface area contributed by atoms with E-state index in [4.69, 9.17) is 0 Å². The van der Waals surface area contributed by atoms with Crippen molar-refractivity contribution in [3.8, 4) is 22.3 Å². The minimum atomic E-state index is 0.0522. The maximum Gasteiger partial charge on any atom is 0.0162 e. The molecule has 0 radical (unpaired) electrons. The molecule has 3 aromatic carbocycles. The molecule has 0 bridgehead atoms. The van der Waals surface area contributed by atoms with Crippen molar-refractivity contribution < 1.29 is 0 Å². The average Bonchev–Trinajstić information content (AvgIpc) is 3.04. The Morgan fingerprint density at radius 1 is 0.462 bits per heavy atom. The molecular formula is C26H28. The van der Waals surface area contributed by atoms with E-state index in [0.717, 1.165) is 0 Å². The molecule has 0 heteroatoms. The first-order valence-corrected chi connectivity index (χ1v) is 9.82. The van der Waals surface area contributed by atoms with Crippen LogP contribution in [0.5, 0.6) is 0 Å². The van der Waals surface area contributed by atoms with E-state index >= 15 is 0 Å². The predicted octanol–water partition coefficient (Wildman–Crippen LogP) is 7.33. The Morgan fingerprint density at radius 2 is 0.808 bits per heavy atom. The Morgan fingerprint density at radius 3 is 1.19 bits per heavy atom. The number of hydrogen-bond donors (Lipinski definition) is 0. The first-order valence-electron chi connectivity index (χ1n) is 9.82. The summed E-state index contributed by atoms with van der Waals surface area (Å²) in [5.41, 5.74) is 11.8. The third-order valence-corrected chi connectivity index (χ3v) is 6.24. The molecule has 0 saturated heterocycles. The zero-order chi connectivity index (χ0) is 18.7. The van der Waals surface area contributed by atoms with E-state index in [1.165, 1.54) is 44.5 Å². The molecule has 0 amide bonds. The minimum absolute atomic E-state index is 0.0522. The van der Waals surface area contributed by atoms with Crippen molar-refractivity contribution in [1.82, 2.24) is 0 Å². The van der Waals surface area contributed by atoms with Gasteiger partial charge in [-0.2, -0.15) is 0 Å². The van der Waals surface area contributed by atoms with Crippen LogP contribution < -0.4 is 0 Å². The van der Waals surface area contributed by atoms with Crippen molar-refractivity contribution in [2.75, 3.05) is 0 Å². The van der Waals surface area contributed by atoms with Crippen molar-refractivity contribution in [2.24, 2.45) is 0 Å². The third-order valence-electron chi connectivity index (χ3n) is 6.24. The number of rotatable bonds is 0. The molecule has 0 spiro atoms. The van der Waals surface area contributed by atoms with Gasteiger partial charge in [-0.15, -0.1) is 0 Å². The lowest BCUT2D eigenvalue weighted by molar-refractivity contribution is 0.601. The summed E-state index contributed by atoms with van der Waals surface area (Å²) in [5.74, 6) is 0. The highest BCUT2D eigenvalue weighted by molar-refractivity contribution is 5.91. The highest BCUT2D eigenvalue weighted by atomic mass is 14.5. The molecule has 0 N–H and O–H groups in total. The monoisotopic (exact) mass is 340 g/mol. The fraction of sp³-hybridized carbons (Fsp3) is 0.308. The lowest BCUT2D eigenvalue weighted by Gasteiger charge is -2.30. The van der Waals surface area contributed by atoms with Crippen molar-refractivity contribution in [1.29, 1.82) is 0 Å². The lowest BCUT2D eigenvalue weighted by Crippen LogP contribution is -2.24. The van der Waals surface area contributed by atoms with Gasteiger partial charge in [-0.1, -0.05) is 102 Å². The largest absolute Gasteiger partial charge is 0.0683 e. The number of hydrogen-bond acceptors (Lipinski definition) is 0. The highest BCUT2D eigenvalue weighted by Gasteiger charge is 2.45. The van der Waals surface area contributed by atoms with E-state index in [9.17, 15) is 0 Å². The van der Waals surface area contributed by atoms with Crippen LogP contribution in [0.25, 0.3) is 22.3 Å². The Bertz CT molecular complexity index is 920. The summed E-state index contributed by atoms with van der Waals surface area (Å²) >= 11 is 0. The summed E-state index contributed by atoms with van der Waals surface area (Å²) in [6.07, 6.45) is 0. The molecule has 0 atom stereocenters. The number of fused-ring (bicyclic) bond motifs is 7. The first kappa shape index (κ1) is 17.1. The van der Waals surface area contributed by atoms with Crippen LogP contribution >= 0.6 is 0 Å². The van der Waals surface area contributed by atoms with Crippen LogP contribution in [0.3, 0.4) is 0 Å². The highest BCUT2D eigenvalue weighted by Crippen LogP contribution is 2.58.